The zero-order chi connectivity index (χ0) is 26.2. The van der Waals surface area contributed by atoms with Gasteiger partial charge in [0.1, 0.15) is 4.88 Å². The number of hydrogen-bond acceptors (Lipinski definition) is 6. The lowest BCUT2D eigenvalue weighted by Gasteiger charge is -2.15. The van der Waals surface area contributed by atoms with Crippen LogP contribution in [0.25, 0.3) is 0 Å². The molecule has 1 aromatic carbocycles. The van der Waals surface area contributed by atoms with Gasteiger partial charge in [-0.05, 0) is 61.9 Å². The first-order chi connectivity index (χ1) is 17.5. The fourth-order valence-electron chi connectivity index (χ4n) is 4.04. The first kappa shape index (κ1) is 30.0. The van der Waals surface area contributed by atoms with Crippen LogP contribution in [0.3, 0.4) is 0 Å². The van der Waals surface area contributed by atoms with Crippen LogP contribution < -0.4 is 4.90 Å². The highest BCUT2D eigenvalue weighted by Gasteiger charge is 2.21. The van der Waals surface area contributed by atoms with Crippen molar-refractivity contribution < 1.29 is 24.5 Å². The maximum Gasteiger partial charge on any atom is 0.348 e. The fraction of sp³-hybridized carbons (Fsp3) is 0.586. The number of nitrogens with zero attached hydrogens (tertiary/aromatic N) is 1. The number of aliphatic hydroxyl groups excluding tert-OH is 2. The van der Waals surface area contributed by atoms with Gasteiger partial charge in [0, 0.05) is 36.6 Å². The summed E-state index contributed by atoms with van der Waals surface area (Å²) in [4.78, 5) is 27.0. The predicted octanol–water partition coefficient (Wildman–Crippen LogP) is 5.93. The van der Waals surface area contributed by atoms with Gasteiger partial charge in [-0.3, -0.25) is 4.79 Å². The van der Waals surface area contributed by atoms with Crippen molar-refractivity contribution in [2.75, 3.05) is 24.7 Å². The summed E-state index contributed by atoms with van der Waals surface area (Å²) in [5.74, 6) is -0.0655. The van der Waals surface area contributed by atoms with Crippen molar-refractivity contribution in [3.05, 3.63) is 51.7 Å². The van der Waals surface area contributed by atoms with Crippen LogP contribution >= 0.6 is 11.3 Å². The molecule has 200 valence electrons. The van der Waals surface area contributed by atoms with E-state index >= 15 is 0 Å². The van der Waals surface area contributed by atoms with Gasteiger partial charge in [-0.15, -0.1) is 11.3 Å². The van der Waals surface area contributed by atoms with Crippen LogP contribution in [0.1, 0.15) is 91.7 Å². The predicted molar refractivity (Wildman–Crippen MR) is 147 cm³/mol. The molecule has 6 nitrogen and oxygen atoms in total. The Morgan fingerprint density at radius 2 is 1.81 bits per heavy atom. The van der Waals surface area contributed by atoms with E-state index in [4.69, 9.17) is 9.84 Å². The molecule has 1 unspecified atom stereocenters. The molecule has 36 heavy (non-hydrogen) atoms. The number of thiophene rings is 1. The van der Waals surface area contributed by atoms with Crippen molar-refractivity contribution in [3.8, 4) is 0 Å². The average Bonchev–Trinajstić information content (AvgIpc) is 3.52. The lowest BCUT2D eigenvalue weighted by Crippen LogP contribution is -2.23. The second kappa shape index (κ2) is 17.3. The lowest BCUT2D eigenvalue weighted by molar-refractivity contribution is -0.117. The Hall–Kier alpha value is -2.22. The largest absolute Gasteiger partial charge is 0.461 e. The zero-order valence-corrected chi connectivity index (χ0v) is 22.7. The molecule has 1 aliphatic rings. The Bertz CT molecular complexity index is 895. The van der Waals surface area contributed by atoms with Crippen molar-refractivity contribution in [2.24, 2.45) is 0 Å². The van der Waals surface area contributed by atoms with Crippen LogP contribution in [0.2, 0.25) is 0 Å². The summed E-state index contributed by atoms with van der Waals surface area (Å²) in [6.45, 7) is 5.35. The Morgan fingerprint density at radius 1 is 1.03 bits per heavy atom. The SMILES string of the molecule is CCCCCCc1ccc(N2CCCC2=O)cc1.CCCc1ccc(C(=O)OCCC(O)CCO)s1. The number of anilines is 1. The average molecular weight is 518 g/mol. The monoisotopic (exact) mass is 517 g/mol. The number of unbranched alkanes of at least 4 members (excludes halogenated alkanes) is 3. The summed E-state index contributed by atoms with van der Waals surface area (Å²) in [7, 11) is 0. The molecule has 0 bridgehead atoms. The highest BCUT2D eigenvalue weighted by molar-refractivity contribution is 7.13. The molecule has 0 radical (unpaired) electrons. The first-order valence-corrected chi connectivity index (χ1v) is 14.2. The fourth-order valence-corrected chi connectivity index (χ4v) is 5.04. The van der Waals surface area contributed by atoms with Gasteiger partial charge in [0.15, 0.2) is 0 Å². The molecule has 0 aliphatic carbocycles. The van der Waals surface area contributed by atoms with Crippen molar-refractivity contribution in [1.82, 2.24) is 0 Å². The van der Waals surface area contributed by atoms with Crippen LogP contribution in [0.4, 0.5) is 5.69 Å². The highest BCUT2D eigenvalue weighted by Crippen LogP contribution is 2.22. The van der Waals surface area contributed by atoms with Gasteiger partial charge in [0.05, 0.1) is 12.7 Å². The Labute approximate surface area is 220 Å². The van der Waals surface area contributed by atoms with Gasteiger partial charge < -0.3 is 19.8 Å². The molecule has 2 aromatic rings. The van der Waals surface area contributed by atoms with E-state index in [1.54, 1.807) is 6.07 Å². The van der Waals surface area contributed by atoms with E-state index in [0.717, 1.165) is 37.9 Å². The number of aryl methyl sites for hydroxylation is 2. The summed E-state index contributed by atoms with van der Waals surface area (Å²) in [6, 6.07) is 12.3. The zero-order valence-electron chi connectivity index (χ0n) is 21.9. The Balaban J connectivity index is 0.000000254. The smallest absolute Gasteiger partial charge is 0.348 e. The molecule has 7 heteroatoms. The normalized spacial score (nSPS) is 13.9. The topological polar surface area (TPSA) is 87.1 Å². The van der Waals surface area contributed by atoms with Gasteiger partial charge in [0.2, 0.25) is 5.91 Å². The van der Waals surface area contributed by atoms with Crippen molar-refractivity contribution in [1.29, 1.82) is 0 Å². The Kier molecular flexibility index (Phi) is 14.4. The van der Waals surface area contributed by atoms with Gasteiger partial charge in [0.25, 0.3) is 0 Å². The number of rotatable bonds is 14. The molecule has 1 saturated heterocycles. The van der Waals surface area contributed by atoms with Gasteiger partial charge >= 0.3 is 5.97 Å². The third-order valence-electron chi connectivity index (χ3n) is 6.15. The molecular formula is C29H43NO5S. The standard InChI is InChI=1S/C16H23NO.C13H20O4S/c1-2-3-4-5-7-14-9-11-15(12-10-14)17-13-6-8-16(17)18;1-2-3-11-4-5-12(18-11)13(16)17-9-7-10(15)6-8-14/h9-12H,2-8,13H2,1H3;4-5,10,14-15H,2-3,6-9H2,1H3. The minimum atomic E-state index is -0.609. The van der Waals surface area contributed by atoms with Crippen LogP contribution in [-0.4, -0.2) is 48.0 Å². The van der Waals surface area contributed by atoms with Crippen LogP contribution in [0.15, 0.2) is 36.4 Å². The summed E-state index contributed by atoms with van der Waals surface area (Å²) in [6.07, 6.45) is 10.2. The number of benzene rings is 1. The minimum Gasteiger partial charge on any atom is -0.461 e. The molecule has 1 aromatic heterocycles. The summed E-state index contributed by atoms with van der Waals surface area (Å²) < 4.78 is 5.07. The van der Waals surface area contributed by atoms with E-state index in [1.807, 2.05) is 11.0 Å². The maximum absolute atomic E-state index is 11.7. The molecule has 0 spiro atoms. The van der Waals surface area contributed by atoms with Crippen LogP contribution in [0, 0.1) is 0 Å². The van der Waals surface area contributed by atoms with Gasteiger partial charge in [-0.25, -0.2) is 4.79 Å². The van der Waals surface area contributed by atoms with E-state index < -0.39 is 6.10 Å². The Morgan fingerprint density at radius 3 is 2.44 bits per heavy atom. The van der Waals surface area contributed by atoms with E-state index in [2.05, 4.69) is 38.1 Å². The number of hydrogen-bond donors (Lipinski definition) is 2. The second-order valence-electron chi connectivity index (χ2n) is 9.23. The van der Waals surface area contributed by atoms with E-state index in [1.165, 1.54) is 47.5 Å². The number of amides is 1. The van der Waals surface area contributed by atoms with Crippen LogP contribution in [0.5, 0.6) is 0 Å². The van der Waals surface area contributed by atoms with Gasteiger partial charge in [-0.1, -0.05) is 51.7 Å². The van der Waals surface area contributed by atoms with Crippen molar-refractivity contribution >= 4 is 28.9 Å². The quantitative estimate of drug-likeness (QED) is 0.240. The molecular weight excluding hydrogens is 474 g/mol. The lowest BCUT2D eigenvalue weighted by atomic mass is 10.1. The maximum atomic E-state index is 11.7. The molecule has 1 amide bonds. The summed E-state index contributed by atoms with van der Waals surface area (Å²) in [5.41, 5.74) is 2.45. The molecule has 3 rings (SSSR count). The first-order valence-electron chi connectivity index (χ1n) is 13.4. The molecule has 1 fully saturated rings. The number of esters is 1. The van der Waals surface area contributed by atoms with E-state index in [-0.39, 0.29) is 25.1 Å². The van der Waals surface area contributed by atoms with E-state index in [9.17, 15) is 14.7 Å². The molecule has 1 aliphatic heterocycles. The third-order valence-corrected chi connectivity index (χ3v) is 7.27. The molecule has 2 heterocycles. The van der Waals surface area contributed by atoms with Gasteiger partial charge in [-0.2, -0.15) is 0 Å². The third kappa shape index (κ3) is 10.8. The molecule has 2 N–H and O–H groups in total. The summed E-state index contributed by atoms with van der Waals surface area (Å²) in [5, 5.41) is 18.0. The molecule has 1 atom stereocenters. The summed E-state index contributed by atoms with van der Waals surface area (Å²) >= 11 is 1.46. The number of aliphatic hydroxyl groups is 2. The van der Waals surface area contributed by atoms with Crippen LogP contribution in [-0.2, 0) is 22.4 Å². The molecule has 0 saturated carbocycles. The second-order valence-corrected chi connectivity index (χ2v) is 10.4. The number of carbonyl (C=O) groups is 2. The minimum absolute atomic E-state index is 0.0551. The highest BCUT2D eigenvalue weighted by atomic mass is 32.1. The number of carbonyl (C=O) groups excluding carboxylic acids is 2. The van der Waals surface area contributed by atoms with E-state index in [0.29, 0.717) is 24.1 Å². The van der Waals surface area contributed by atoms with Crippen molar-refractivity contribution in [3.63, 3.8) is 0 Å². The number of ether oxygens (including phenoxy) is 1. The van der Waals surface area contributed by atoms with Crippen molar-refractivity contribution in [2.45, 2.75) is 90.6 Å².